The fourth-order valence-electron chi connectivity index (χ4n) is 1.20. The lowest BCUT2D eigenvalue weighted by atomic mass is 10.0. The first-order valence-electron chi connectivity index (χ1n) is 4.18. The third kappa shape index (κ3) is 2.18. The van der Waals surface area contributed by atoms with Gasteiger partial charge in [0.2, 0.25) is 5.91 Å². The quantitative estimate of drug-likeness (QED) is 0.735. The van der Waals surface area contributed by atoms with Crippen LogP contribution in [0, 0.1) is 6.92 Å². The summed E-state index contributed by atoms with van der Waals surface area (Å²) >= 11 is 0. The Hall–Kier alpha value is -1.57. The number of amides is 1. The van der Waals surface area contributed by atoms with Crippen LogP contribution in [-0.4, -0.2) is 5.91 Å². The molecule has 0 saturated heterocycles. The molecular formula is C11H13NO. The molecule has 0 spiro atoms. The van der Waals surface area contributed by atoms with Crippen molar-refractivity contribution in [2.45, 2.75) is 13.8 Å². The number of hydrogen-bond acceptors (Lipinski definition) is 1. The Morgan fingerprint density at radius 2 is 2.15 bits per heavy atom. The molecule has 0 unspecified atom stereocenters. The van der Waals surface area contributed by atoms with E-state index >= 15 is 0 Å². The van der Waals surface area contributed by atoms with E-state index in [4.69, 9.17) is 5.73 Å². The van der Waals surface area contributed by atoms with Crippen molar-refractivity contribution < 1.29 is 4.79 Å². The monoisotopic (exact) mass is 175 g/mol. The SMILES string of the molecule is C/C=C\c1ccc(C(N)=O)cc1C. The highest BCUT2D eigenvalue weighted by atomic mass is 16.1. The molecule has 0 atom stereocenters. The van der Waals surface area contributed by atoms with Gasteiger partial charge in [-0.2, -0.15) is 0 Å². The molecule has 13 heavy (non-hydrogen) atoms. The summed E-state index contributed by atoms with van der Waals surface area (Å²) < 4.78 is 0. The van der Waals surface area contributed by atoms with E-state index in [-0.39, 0.29) is 5.91 Å². The molecule has 0 saturated carbocycles. The van der Waals surface area contributed by atoms with Crippen LogP contribution in [0.15, 0.2) is 24.3 Å². The second-order valence-corrected chi connectivity index (χ2v) is 2.94. The van der Waals surface area contributed by atoms with E-state index in [9.17, 15) is 4.79 Å². The largest absolute Gasteiger partial charge is 0.366 e. The Kier molecular flexibility index (Phi) is 2.85. The highest BCUT2D eigenvalue weighted by Gasteiger charge is 2.01. The van der Waals surface area contributed by atoms with Gasteiger partial charge in [-0.25, -0.2) is 0 Å². The number of nitrogens with two attached hydrogens (primary N) is 1. The number of carbonyl (C=O) groups is 1. The average molecular weight is 175 g/mol. The molecule has 0 bridgehead atoms. The summed E-state index contributed by atoms with van der Waals surface area (Å²) in [5.41, 5.74) is 7.89. The van der Waals surface area contributed by atoms with Crippen molar-refractivity contribution in [3.8, 4) is 0 Å². The number of allylic oxidation sites excluding steroid dienone is 1. The lowest BCUT2D eigenvalue weighted by molar-refractivity contribution is 0.1000. The van der Waals surface area contributed by atoms with E-state index in [1.165, 1.54) is 0 Å². The highest BCUT2D eigenvalue weighted by molar-refractivity contribution is 5.93. The van der Waals surface area contributed by atoms with E-state index in [1.54, 1.807) is 12.1 Å². The zero-order valence-corrected chi connectivity index (χ0v) is 7.87. The van der Waals surface area contributed by atoms with Gasteiger partial charge in [-0.15, -0.1) is 0 Å². The van der Waals surface area contributed by atoms with Gasteiger partial charge in [0.1, 0.15) is 0 Å². The molecule has 0 heterocycles. The van der Waals surface area contributed by atoms with Crippen molar-refractivity contribution in [3.05, 3.63) is 41.0 Å². The van der Waals surface area contributed by atoms with Gasteiger partial charge >= 0.3 is 0 Å². The number of carbonyl (C=O) groups excluding carboxylic acids is 1. The van der Waals surface area contributed by atoms with E-state index in [1.807, 2.05) is 32.1 Å². The molecule has 1 amide bonds. The summed E-state index contributed by atoms with van der Waals surface area (Å²) in [5, 5.41) is 0. The summed E-state index contributed by atoms with van der Waals surface area (Å²) in [4.78, 5) is 10.8. The second kappa shape index (κ2) is 3.90. The molecule has 0 aliphatic heterocycles. The van der Waals surface area contributed by atoms with Crippen LogP contribution in [0.4, 0.5) is 0 Å². The minimum atomic E-state index is -0.380. The predicted molar refractivity (Wildman–Crippen MR) is 54.4 cm³/mol. The minimum absolute atomic E-state index is 0.380. The molecule has 0 aromatic heterocycles. The zero-order chi connectivity index (χ0) is 9.84. The molecule has 0 aliphatic rings. The average Bonchev–Trinajstić information content (AvgIpc) is 2.08. The van der Waals surface area contributed by atoms with Gasteiger partial charge in [0.15, 0.2) is 0 Å². The fraction of sp³-hybridized carbons (Fsp3) is 0.182. The number of benzene rings is 1. The van der Waals surface area contributed by atoms with E-state index < -0.39 is 0 Å². The predicted octanol–water partition coefficient (Wildman–Crippen LogP) is 2.13. The van der Waals surface area contributed by atoms with Crippen molar-refractivity contribution >= 4 is 12.0 Å². The van der Waals surface area contributed by atoms with Crippen LogP contribution < -0.4 is 5.73 Å². The number of aryl methyl sites for hydroxylation is 1. The van der Waals surface area contributed by atoms with Crippen molar-refractivity contribution in [1.29, 1.82) is 0 Å². The van der Waals surface area contributed by atoms with Gasteiger partial charge in [-0.1, -0.05) is 18.2 Å². The Morgan fingerprint density at radius 3 is 2.62 bits per heavy atom. The van der Waals surface area contributed by atoms with Gasteiger partial charge in [0, 0.05) is 5.56 Å². The van der Waals surface area contributed by atoms with Gasteiger partial charge in [-0.05, 0) is 37.1 Å². The fourth-order valence-corrected chi connectivity index (χ4v) is 1.20. The van der Waals surface area contributed by atoms with Crippen molar-refractivity contribution in [3.63, 3.8) is 0 Å². The Bertz CT molecular complexity index is 353. The molecule has 0 radical (unpaired) electrons. The standard InChI is InChI=1S/C11H13NO/c1-3-4-9-5-6-10(11(12)13)7-8(9)2/h3-7H,1-2H3,(H2,12,13)/b4-3-. The van der Waals surface area contributed by atoms with Crippen LogP contribution in [-0.2, 0) is 0 Å². The van der Waals surface area contributed by atoms with Crippen molar-refractivity contribution in [2.75, 3.05) is 0 Å². The second-order valence-electron chi connectivity index (χ2n) is 2.94. The topological polar surface area (TPSA) is 43.1 Å². The van der Waals surface area contributed by atoms with Crippen molar-refractivity contribution in [1.82, 2.24) is 0 Å². The maximum Gasteiger partial charge on any atom is 0.248 e. The Balaban J connectivity index is 3.12. The van der Waals surface area contributed by atoms with Crippen LogP contribution in [0.25, 0.3) is 6.08 Å². The maximum absolute atomic E-state index is 10.8. The van der Waals surface area contributed by atoms with Crippen LogP contribution in [0.2, 0.25) is 0 Å². The molecule has 68 valence electrons. The number of hydrogen-bond donors (Lipinski definition) is 1. The molecule has 0 fully saturated rings. The smallest absolute Gasteiger partial charge is 0.248 e. The van der Waals surface area contributed by atoms with Gasteiger partial charge in [-0.3, -0.25) is 4.79 Å². The first kappa shape index (κ1) is 9.52. The van der Waals surface area contributed by atoms with E-state index in [0.717, 1.165) is 11.1 Å². The van der Waals surface area contributed by atoms with E-state index in [2.05, 4.69) is 0 Å². The first-order valence-corrected chi connectivity index (χ1v) is 4.18. The van der Waals surface area contributed by atoms with Crippen molar-refractivity contribution in [2.24, 2.45) is 5.73 Å². The van der Waals surface area contributed by atoms with Crippen LogP contribution in [0.1, 0.15) is 28.4 Å². The first-order chi connectivity index (χ1) is 6.15. The number of rotatable bonds is 2. The molecule has 1 aromatic rings. The molecule has 2 nitrogen and oxygen atoms in total. The summed E-state index contributed by atoms with van der Waals surface area (Å²) in [6, 6.07) is 5.44. The zero-order valence-electron chi connectivity index (χ0n) is 7.87. The third-order valence-corrected chi connectivity index (χ3v) is 1.90. The summed E-state index contributed by atoms with van der Waals surface area (Å²) in [7, 11) is 0. The third-order valence-electron chi connectivity index (χ3n) is 1.90. The molecular weight excluding hydrogens is 162 g/mol. The van der Waals surface area contributed by atoms with Gasteiger partial charge in [0.05, 0.1) is 0 Å². The van der Waals surface area contributed by atoms with Crippen LogP contribution in [0.5, 0.6) is 0 Å². The van der Waals surface area contributed by atoms with E-state index in [0.29, 0.717) is 5.56 Å². The van der Waals surface area contributed by atoms with Gasteiger partial charge in [0.25, 0.3) is 0 Å². The van der Waals surface area contributed by atoms with Crippen LogP contribution >= 0.6 is 0 Å². The lowest BCUT2D eigenvalue weighted by Gasteiger charge is -2.01. The summed E-state index contributed by atoms with van der Waals surface area (Å²) in [6.45, 7) is 3.92. The molecule has 2 heteroatoms. The Morgan fingerprint density at radius 1 is 1.46 bits per heavy atom. The lowest BCUT2D eigenvalue weighted by Crippen LogP contribution is -2.10. The van der Waals surface area contributed by atoms with Crippen LogP contribution in [0.3, 0.4) is 0 Å². The summed E-state index contributed by atoms with van der Waals surface area (Å²) in [5.74, 6) is -0.380. The summed E-state index contributed by atoms with van der Waals surface area (Å²) in [6.07, 6.45) is 3.96. The molecule has 1 rings (SSSR count). The normalized spacial score (nSPS) is 10.6. The molecule has 2 N–H and O–H groups in total. The Labute approximate surface area is 78.1 Å². The number of primary amides is 1. The van der Waals surface area contributed by atoms with Gasteiger partial charge < -0.3 is 5.73 Å². The maximum atomic E-state index is 10.8. The molecule has 1 aromatic carbocycles. The molecule has 0 aliphatic carbocycles. The minimum Gasteiger partial charge on any atom is -0.366 e. The highest BCUT2D eigenvalue weighted by Crippen LogP contribution is 2.12.